The van der Waals surface area contributed by atoms with Gasteiger partial charge in [-0.25, -0.2) is 8.42 Å². The average Bonchev–Trinajstić information content (AvgIpc) is 2.60. The third kappa shape index (κ3) is 6.91. The Bertz CT molecular complexity index is 871. The minimum atomic E-state index is -4.46. The molecule has 0 bridgehead atoms. The highest BCUT2D eigenvalue weighted by Crippen LogP contribution is 2.24. The number of hydrogen-bond acceptors (Lipinski definition) is 4. The number of nitrogens with one attached hydrogen (secondary N) is 2. The highest BCUT2D eigenvalue weighted by molar-refractivity contribution is 7.92. The van der Waals surface area contributed by atoms with E-state index in [0.29, 0.717) is 0 Å². The number of benzene rings is 2. The molecular formula is C17H17F3N2O4S. The summed E-state index contributed by atoms with van der Waals surface area (Å²) in [5.41, 5.74) is 0.309. The summed E-state index contributed by atoms with van der Waals surface area (Å²) in [7, 11) is -3.86. The number of amides is 1. The molecular weight excluding hydrogens is 385 g/mol. The molecule has 0 aliphatic heterocycles. The number of ether oxygens (including phenoxy) is 1. The Labute approximate surface area is 154 Å². The van der Waals surface area contributed by atoms with Gasteiger partial charge in [-0.3, -0.25) is 9.52 Å². The molecule has 0 aliphatic rings. The summed E-state index contributed by atoms with van der Waals surface area (Å²) in [6, 6.07) is 13.7. The predicted octanol–water partition coefficient (Wildman–Crippen LogP) is 3.39. The SMILES string of the molecule is O=C(CCOCC(F)(F)F)Nc1ccccc1NS(=O)(=O)c1ccccc1. The fourth-order valence-corrected chi connectivity index (χ4v) is 3.15. The third-order valence-corrected chi connectivity index (χ3v) is 4.62. The van der Waals surface area contributed by atoms with Crippen molar-refractivity contribution in [3.8, 4) is 0 Å². The van der Waals surface area contributed by atoms with Crippen molar-refractivity contribution in [2.75, 3.05) is 23.3 Å². The first-order valence-electron chi connectivity index (χ1n) is 7.79. The molecule has 2 aromatic rings. The first-order chi connectivity index (χ1) is 12.7. The van der Waals surface area contributed by atoms with Crippen LogP contribution in [0.15, 0.2) is 59.5 Å². The van der Waals surface area contributed by atoms with E-state index in [2.05, 4.69) is 14.8 Å². The molecule has 0 saturated carbocycles. The fraction of sp³-hybridized carbons (Fsp3) is 0.235. The zero-order valence-corrected chi connectivity index (χ0v) is 14.8. The number of rotatable bonds is 8. The van der Waals surface area contributed by atoms with E-state index < -0.39 is 35.3 Å². The number of hydrogen-bond donors (Lipinski definition) is 2. The molecule has 0 aromatic heterocycles. The Kier molecular flexibility index (Phi) is 6.81. The molecule has 0 radical (unpaired) electrons. The summed E-state index contributed by atoms with van der Waals surface area (Å²) in [6.07, 6.45) is -4.77. The topological polar surface area (TPSA) is 84.5 Å². The lowest BCUT2D eigenvalue weighted by molar-refractivity contribution is -0.174. The van der Waals surface area contributed by atoms with Gasteiger partial charge in [-0.2, -0.15) is 13.2 Å². The lowest BCUT2D eigenvalue weighted by atomic mass is 10.2. The number of halogens is 3. The summed E-state index contributed by atoms with van der Waals surface area (Å²) in [4.78, 5) is 11.9. The largest absolute Gasteiger partial charge is 0.411 e. The fourth-order valence-electron chi connectivity index (χ4n) is 2.05. The second-order valence-corrected chi connectivity index (χ2v) is 7.11. The van der Waals surface area contributed by atoms with Crippen LogP contribution in [-0.4, -0.2) is 33.7 Å². The standard InChI is InChI=1S/C17H17F3N2O4S/c18-17(19,20)12-26-11-10-16(23)21-14-8-4-5-9-15(14)22-27(24,25)13-6-2-1-3-7-13/h1-9,22H,10-12H2,(H,21,23). The summed E-state index contributed by atoms with van der Waals surface area (Å²) >= 11 is 0. The van der Waals surface area contributed by atoms with Crippen LogP contribution in [0.3, 0.4) is 0 Å². The zero-order valence-electron chi connectivity index (χ0n) is 14.0. The van der Waals surface area contributed by atoms with E-state index in [0.717, 1.165) is 0 Å². The van der Waals surface area contributed by atoms with Crippen molar-refractivity contribution in [1.82, 2.24) is 0 Å². The second kappa shape index (κ2) is 8.87. The molecule has 0 atom stereocenters. The second-order valence-electron chi connectivity index (χ2n) is 5.43. The molecule has 1 amide bonds. The lowest BCUT2D eigenvalue weighted by Crippen LogP contribution is -2.21. The van der Waals surface area contributed by atoms with Gasteiger partial charge in [0.2, 0.25) is 5.91 Å². The van der Waals surface area contributed by atoms with Crippen LogP contribution < -0.4 is 10.0 Å². The van der Waals surface area contributed by atoms with Crippen molar-refractivity contribution in [2.45, 2.75) is 17.5 Å². The highest BCUT2D eigenvalue weighted by atomic mass is 32.2. The Morgan fingerprint density at radius 2 is 1.56 bits per heavy atom. The molecule has 2 aromatic carbocycles. The zero-order chi connectivity index (χ0) is 19.9. The van der Waals surface area contributed by atoms with E-state index in [-0.39, 0.29) is 22.7 Å². The van der Waals surface area contributed by atoms with Crippen molar-refractivity contribution < 1.29 is 31.1 Å². The predicted molar refractivity (Wildman–Crippen MR) is 93.8 cm³/mol. The first kappa shape index (κ1) is 20.7. The van der Waals surface area contributed by atoms with E-state index in [1.165, 1.54) is 24.3 Å². The molecule has 0 saturated heterocycles. The van der Waals surface area contributed by atoms with Gasteiger partial charge in [0.05, 0.1) is 29.3 Å². The number of sulfonamides is 1. The molecule has 2 N–H and O–H groups in total. The van der Waals surface area contributed by atoms with Crippen LogP contribution in [0.2, 0.25) is 0 Å². The van der Waals surface area contributed by atoms with Crippen LogP contribution in [0.5, 0.6) is 0 Å². The van der Waals surface area contributed by atoms with Gasteiger partial charge in [-0.1, -0.05) is 30.3 Å². The van der Waals surface area contributed by atoms with Gasteiger partial charge in [0, 0.05) is 0 Å². The molecule has 0 unspecified atom stereocenters. The van der Waals surface area contributed by atoms with Crippen LogP contribution in [0.25, 0.3) is 0 Å². The van der Waals surface area contributed by atoms with E-state index in [1.54, 1.807) is 30.3 Å². The summed E-state index contributed by atoms with van der Waals surface area (Å²) in [5, 5.41) is 2.46. The summed E-state index contributed by atoms with van der Waals surface area (Å²) in [6.45, 7) is -1.85. The van der Waals surface area contributed by atoms with Crippen LogP contribution >= 0.6 is 0 Å². The summed E-state index contributed by atoms with van der Waals surface area (Å²) < 4.78 is 67.5. The number of para-hydroxylation sites is 2. The number of carbonyl (C=O) groups excluding carboxylic acids is 1. The van der Waals surface area contributed by atoms with E-state index >= 15 is 0 Å². The van der Waals surface area contributed by atoms with Crippen molar-refractivity contribution in [3.63, 3.8) is 0 Å². The number of carbonyl (C=O) groups is 1. The number of alkyl halides is 3. The smallest absolute Gasteiger partial charge is 0.372 e. The normalized spacial score (nSPS) is 11.8. The van der Waals surface area contributed by atoms with E-state index in [4.69, 9.17) is 0 Å². The molecule has 0 spiro atoms. The highest BCUT2D eigenvalue weighted by Gasteiger charge is 2.27. The van der Waals surface area contributed by atoms with Gasteiger partial charge in [0.25, 0.3) is 10.0 Å². The van der Waals surface area contributed by atoms with Crippen molar-refractivity contribution >= 4 is 27.3 Å². The maximum absolute atomic E-state index is 12.4. The van der Waals surface area contributed by atoms with E-state index in [1.807, 2.05) is 0 Å². The van der Waals surface area contributed by atoms with Crippen molar-refractivity contribution in [2.24, 2.45) is 0 Å². The Morgan fingerprint density at radius 1 is 0.963 bits per heavy atom. The van der Waals surface area contributed by atoms with Gasteiger partial charge in [0.1, 0.15) is 6.61 Å². The maximum atomic E-state index is 12.4. The molecule has 2 rings (SSSR count). The average molecular weight is 402 g/mol. The van der Waals surface area contributed by atoms with Gasteiger partial charge >= 0.3 is 6.18 Å². The van der Waals surface area contributed by atoms with Gasteiger partial charge in [0.15, 0.2) is 0 Å². The van der Waals surface area contributed by atoms with Crippen molar-refractivity contribution in [1.29, 1.82) is 0 Å². The molecule has 6 nitrogen and oxygen atoms in total. The van der Waals surface area contributed by atoms with E-state index in [9.17, 15) is 26.4 Å². The van der Waals surface area contributed by atoms with Crippen LogP contribution in [0, 0.1) is 0 Å². The molecule has 0 fully saturated rings. The first-order valence-corrected chi connectivity index (χ1v) is 9.27. The Morgan fingerprint density at radius 3 is 2.19 bits per heavy atom. The van der Waals surface area contributed by atoms with Crippen molar-refractivity contribution in [3.05, 3.63) is 54.6 Å². The monoisotopic (exact) mass is 402 g/mol. The molecule has 0 heterocycles. The van der Waals surface area contributed by atoms with Gasteiger partial charge < -0.3 is 10.1 Å². The van der Waals surface area contributed by atoms with Crippen LogP contribution in [0.1, 0.15) is 6.42 Å². The quantitative estimate of drug-likeness (QED) is 0.663. The number of anilines is 2. The minimum absolute atomic E-state index is 0.0479. The van der Waals surface area contributed by atoms with Crippen LogP contribution in [0.4, 0.5) is 24.5 Å². The molecule has 27 heavy (non-hydrogen) atoms. The lowest BCUT2D eigenvalue weighted by Gasteiger charge is -2.14. The van der Waals surface area contributed by atoms with Gasteiger partial charge in [-0.05, 0) is 24.3 Å². The molecule has 146 valence electrons. The summed E-state index contributed by atoms with van der Waals surface area (Å²) in [5.74, 6) is -0.608. The van der Waals surface area contributed by atoms with Crippen LogP contribution in [-0.2, 0) is 19.6 Å². The maximum Gasteiger partial charge on any atom is 0.411 e. The molecule has 10 heteroatoms. The molecule has 0 aliphatic carbocycles. The van der Waals surface area contributed by atoms with Gasteiger partial charge in [-0.15, -0.1) is 0 Å². The minimum Gasteiger partial charge on any atom is -0.372 e. The third-order valence-electron chi connectivity index (χ3n) is 3.24. The Hall–Kier alpha value is -2.59. The Balaban J connectivity index is 2.00.